The van der Waals surface area contributed by atoms with Crippen LogP contribution in [-0.2, 0) is 16.0 Å². The average Bonchev–Trinajstić information content (AvgIpc) is 2.41. The normalized spacial score (nSPS) is 10.0. The van der Waals surface area contributed by atoms with Crippen LogP contribution in [-0.4, -0.2) is 38.5 Å². The van der Waals surface area contributed by atoms with Crippen molar-refractivity contribution in [3.05, 3.63) is 35.6 Å². The number of hydrogen-bond donors (Lipinski definition) is 3. The summed E-state index contributed by atoms with van der Waals surface area (Å²) >= 11 is 0. The van der Waals surface area contributed by atoms with E-state index in [1.165, 1.54) is 12.1 Å². The number of carbonyl (C=O) groups excluding carboxylic acids is 2. The number of likely N-dealkylation sites (N-methyl/N-ethyl adjacent to an activating group) is 1. The van der Waals surface area contributed by atoms with Gasteiger partial charge in [0, 0.05) is 13.6 Å². The minimum absolute atomic E-state index is 0.112. The van der Waals surface area contributed by atoms with E-state index in [1.807, 2.05) is 0 Å². The average molecular weight is 268 g/mol. The van der Waals surface area contributed by atoms with Crippen LogP contribution in [0.25, 0.3) is 0 Å². The summed E-state index contributed by atoms with van der Waals surface area (Å²) in [6.45, 7) is 0.955. The number of quaternary nitrogens is 1. The van der Waals surface area contributed by atoms with Gasteiger partial charge in [0.1, 0.15) is 5.82 Å². The van der Waals surface area contributed by atoms with Crippen LogP contribution in [0.5, 0.6) is 0 Å². The molecule has 0 radical (unpaired) electrons. The summed E-state index contributed by atoms with van der Waals surface area (Å²) in [7, 11) is 1.55. The Morgan fingerprint density at radius 1 is 1.16 bits per heavy atom. The van der Waals surface area contributed by atoms with Gasteiger partial charge < -0.3 is 16.0 Å². The Bertz CT molecular complexity index is 420. The predicted molar refractivity (Wildman–Crippen MR) is 68.8 cm³/mol. The fraction of sp³-hybridized carbons (Fsp3) is 0.385. The van der Waals surface area contributed by atoms with Gasteiger partial charge in [-0.3, -0.25) is 9.59 Å². The van der Waals surface area contributed by atoms with E-state index in [-0.39, 0.29) is 30.7 Å². The first-order chi connectivity index (χ1) is 9.11. The monoisotopic (exact) mass is 268 g/mol. The first-order valence-corrected chi connectivity index (χ1v) is 6.15. The number of halogens is 1. The Hall–Kier alpha value is -1.95. The van der Waals surface area contributed by atoms with E-state index >= 15 is 0 Å². The molecule has 104 valence electrons. The van der Waals surface area contributed by atoms with E-state index in [4.69, 9.17) is 0 Å². The van der Waals surface area contributed by atoms with Crippen LogP contribution in [0.4, 0.5) is 4.39 Å². The van der Waals surface area contributed by atoms with E-state index < -0.39 is 0 Å². The highest BCUT2D eigenvalue weighted by Gasteiger charge is 2.05. The molecule has 0 aliphatic rings. The molecule has 6 heteroatoms. The zero-order chi connectivity index (χ0) is 14.1. The number of rotatable bonds is 7. The molecule has 2 amide bonds. The second-order valence-electron chi connectivity index (χ2n) is 4.10. The van der Waals surface area contributed by atoms with E-state index in [9.17, 15) is 14.0 Å². The summed E-state index contributed by atoms with van der Waals surface area (Å²) in [5, 5.41) is 6.85. The maximum Gasteiger partial charge on any atom is 0.275 e. The largest absolute Gasteiger partial charge is 0.354 e. The van der Waals surface area contributed by atoms with Crippen LogP contribution >= 0.6 is 0 Å². The van der Waals surface area contributed by atoms with Gasteiger partial charge in [0.2, 0.25) is 0 Å². The Kier molecular flexibility index (Phi) is 6.52. The molecule has 1 aromatic rings. The van der Waals surface area contributed by atoms with Crippen molar-refractivity contribution in [3.63, 3.8) is 0 Å². The maximum absolute atomic E-state index is 12.7. The van der Waals surface area contributed by atoms with Gasteiger partial charge in [-0.1, -0.05) is 12.1 Å². The van der Waals surface area contributed by atoms with Gasteiger partial charge >= 0.3 is 0 Å². The molecule has 0 aliphatic carbocycles. The standard InChI is InChI=1S/C13H18FN3O2/c1-15-12(18)8-16-9-13(19)17-7-6-10-2-4-11(14)5-3-10/h2-5,16H,6-9H2,1H3,(H,15,18)(H,17,19)/p+1. The predicted octanol–water partition coefficient (Wildman–Crippen LogP) is -1.21. The third-order valence-corrected chi connectivity index (χ3v) is 2.59. The van der Waals surface area contributed by atoms with E-state index in [0.29, 0.717) is 13.0 Å². The summed E-state index contributed by atoms with van der Waals surface area (Å²) < 4.78 is 12.7. The minimum Gasteiger partial charge on any atom is -0.354 e. The Labute approximate surface area is 111 Å². The molecule has 0 saturated heterocycles. The number of carbonyl (C=O) groups is 2. The lowest BCUT2D eigenvalue weighted by Crippen LogP contribution is -2.88. The molecule has 0 fully saturated rings. The number of amides is 2. The van der Waals surface area contributed by atoms with Crippen molar-refractivity contribution in [1.82, 2.24) is 10.6 Å². The molecule has 0 saturated carbocycles. The third kappa shape index (κ3) is 6.52. The number of nitrogens with one attached hydrogen (secondary N) is 2. The first-order valence-electron chi connectivity index (χ1n) is 6.15. The van der Waals surface area contributed by atoms with E-state index in [1.54, 1.807) is 24.5 Å². The Balaban J connectivity index is 2.13. The van der Waals surface area contributed by atoms with Crippen molar-refractivity contribution in [2.45, 2.75) is 6.42 Å². The van der Waals surface area contributed by atoms with Gasteiger partial charge in [0.15, 0.2) is 13.1 Å². The van der Waals surface area contributed by atoms with Gasteiger partial charge in [-0.2, -0.15) is 0 Å². The van der Waals surface area contributed by atoms with Crippen molar-refractivity contribution in [1.29, 1.82) is 0 Å². The van der Waals surface area contributed by atoms with Crippen molar-refractivity contribution in [2.24, 2.45) is 0 Å². The smallest absolute Gasteiger partial charge is 0.275 e. The van der Waals surface area contributed by atoms with Crippen molar-refractivity contribution < 1.29 is 19.3 Å². The van der Waals surface area contributed by atoms with Crippen LogP contribution in [0.1, 0.15) is 5.56 Å². The summed E-state index contributed by atoms with van der Waals surface area (Å²) in [6, 6.07) is 6.18. The van der Waals surface area contributed by atoms with Crippen LogP contribution in [0, 0.1) is 5.82 Å². The van der Waals surface area contributed by atoms with Crippen LogP contribution < -0.4 is 16.0 Å². The molecule has 1 aromatic carbocycles. The van der Waals surface area contributed by atoms with Crippen LogP contribution in [0.3, 0.4) is 0 Å². The molecule has 0 aromatic heterocycles. The van der Waals surface area contributed by atoms with Crippen molar-refractivity contribution >= 4 is 11.8 Å². The molecular formula is C13H19FN3O2+. The lowest BCUT2D eigenvalue weighted by atomic mass is 10.1. The second-order valence-corrected chi connectivity index (χ2v) is 4.10. The first kappa shape index (κ1) is 15.1. The quantitative estimate of drug-likeness (QED) is 0.581. The fourth-order valence-corrected chi connectivity index (χ4v) is 1.51. The molecule has 4 N–H and O–H groups in total. The minimum atomic E-state index is -0.267. The van der Waals surface area contributed by atoms with Gasteiger partial charge in [0.05, 0.1) is 0 Å². The number of nitrogens with two attached hydrogens (primary N) is 1. The Morgan fingerprint density at radius 3 is 2.42 bits per heavy atom. The molecule has 0 atom stereocenters. The fourth-order valence-electron chi connectivity index (χ4n) is 1.51. The zero-order valence-electron chi connectivity index (χ0n) is 10.9. The number of hydrogen-bond acceptors (Lipinski definition) is 2. The lowest BCUT2D eigenvalue weighted by Gasteiger charge is -2.05. The van der Waals surface area contributed by atoms with Crippen LogP contribution in [0.2, 0.25) is 0 Å². The molecule has 0 unspecified atom stereocenters. The maximum atomic E-state index is 12.7. The van der Waals surface area contributed by atoms with E-state index in [2.05, 4.69) is 10.6 Å². The van der Waals surface area contributed by atoms with Gasteiger partial charge in [-0.25, -0.2) is 4.39 Å². The van der Waals surface area contributed by atoms with Gasteiger partial charge in [-0.15, -0.1) is 0 Å². The summed E-state index contributed by atoms with van der Waals surface area (Å²) in [5.74, 6) is -0.498. The molecule has 0 bridgehead atoms. The number of benzene rings is 1. The highest BCUT2D eigenvalue weighted by atomic mass is 19.1. The van der Waals surface area contributed by atoms with E-state index in [0.717, 1.165) is 5.56 Å². The lowest BCUT2D eigenvalue weighted by molar-refractivity contribution is -0.633. The molecule has 0 spiro atoms. The van der Waals surface area contributed by atoms with Gasteiger partial charge in [0.25, 0.3) is 11.8 Å². The van der Waals surface area contributed by atoms with Gasteiger partial charge in [-0.05, 0) is 24.1 Å². The molecule has 1 rings (SSSR count). The molecule has 0 aliphatic heterocycles. The SMILES string of the molecule is CNC(=O)C[NH2+]CC(=O)NCCc1ccc(F)cc1. The molecule has 19 heavy (non-hydrogen) atoms. The third-order valence-electron chi connectivity index (χ3n) is 2.59. The summed E-state index contributed by atoms with van der Waals surface area (Å²) in [6.07, 6.45) is 0.654. The zero-order valence-corrected chi connectivity index (χ0v) is 10.9. The molecular weight excluding hydrogens is 249 g/mol. The van der Waals surface area contributed by atoms with Crippen molar-refractivity contribution in [2.75, 3.05) is 26.7 Å². The highest BCUT2D eigenvalue weighted by molar-refractivity contribution is 5.78. The topological polar surface area (TPSA) is 74.8 Å². The molecule has 5 nitrogen and oxygen atoms in total. The summed E-state index contributed by atoms with van der Waals surface area (Å²) in [5.41, 5.74) is 0.969. The second kappa shape index (κ2) is 8.20. The highest BCUT2D eigenvalue weighted by Crippen LogP contribution is 2.02. The summed E-state index contributed by atoms with van der Waals surface area (Å²) in [4.78, 5) is 22.3. The van der Waals surface area contributed by atoms with Crippen LogP contribution in [0.15, 0.2) is 24.3 Å². The van der Waals surface area contributed by atoms with Crippen molar-refractivity contribution in [3.8, 4) is 0 Å². The Morgan fingerprint density at radius 2 is 1.79 bits per heavy atom. The molecule has 0 heterocycles.